The molecular formula is C13H21N5S. The maximum absolute atomic E-state index is 4.39. The van der Waals surface area contributed by atoms with E-state index in [1.165, 1.54) is 4.88 Å². The van der Waals surface area contributed by atoms with Gasteiger partial charge in [0, 0.05) is 24.0 Å². The average molecular weight is 279 g/mol. The number of hydrogen-bond acceptors (Lipinski definition) is 5. The van der Waals surface area contributed by atoms with E-state index in [0.29, 0.717) is 0 Å². The van der Waals surface area contributed by atoms with Gasteiger partial charge in [-0.05, 0) is 19.4 Å². The van der Waals surface area contributed by atoms with Crippen LogP contribution in [0.3, 0.4) is 0 Å². The standard InChI is InChI=1S/C13H21N5S/c1-3-5-15-11(12-8-14-10-19-12)7-13-16-9-17-18(13)6-4-2/h8-11,15H,3-7H2,1-2H3. The van der Waals surface area contributed by atoms with Crippen LogP contribution in [-0.2, 0) is 13.0 Å². The highest BCUT2D eigenvalue weighted by molar-refractivity contribution is 7.09. The summed E-state index contributed by atoms with van der Waals surface area (Å²) in [7, 11) is 0. The minimum atomic E-state index is 0.284. The lowest BCUT2D eigenvalue weighted by atomic mass is 10.1. The van der Waals surface area contributed by atoms with Gasteiger partial charge >= 0.3 is 0 Å². The number of thiazole rings is 1. The van der Waals surface area contributed by atoms with E-state index in [1.54, 1.807) is 17.7 Å². The summed E-state index contributed by atoms with van der Waals surface area (Å²) in [5, 5.41) is 7.85. The summed E-state index contributed by atoms with van der Waals surface area (Å²) < 4.78 is 2.00. The maximum Gasteiger partial charge on any atom is 0.138 e. The van der Waals surface area contributed by atoms with E-state index >= 15 is 0 Å². The van der Waals surface area contributed by atoms with Crippen LogP contribution in [0, 0.1) is 0 Å². The first-order chi connectivity index (χ1) is 9.35. The van der Waals surface area contributed by atoms with Gasteiger partial charge in [-0.15, -0.1) is 11.3 Å². The summed E-state index contributed by atoms with van der Waals surface area (Å²) in [6, 6.07) is 0.284. The molecular weight excluding hydrogens is 258 g/mol. The first kappa shape index (κ1) is 14.1. The Morgan fingerprint density at radius 1 is 1.37 bits per heavy atom. The lowest BCUT2D eigenvalue weighted by Crippen LogP contribution is -2.25. The van der Waals surface area contributed by atoms with Gasteiger partial charge in [-0.25, -0.2) is 4.98 Å². The van der Waals surface area contributed by atoms with Gasteiger partial charge < -0.3 is 5.32 Å². The van der Waals surface area contributed by atoms with Gasteiger partial charge in [0.05, 0.1) is 11.6 Å². The minimum absolute atomic E-state index is 0.284. The monoisotopic (exact) mass is 279 g/mol. The molecule has 1 atom stereocenters. The van der Waals surface area contributed by atoms with Crippen LogP contribution in [0.15, 0.2) is 18.0 Å². The topological polar surface area (TPSA) is 55.6 Å². The number of nitrogens with one attached hydrogen (secondary N) is 1. The Morgan fingerprint density at radius 2 is 2.26 bits per heavy atom. The normalized spacial score (nSPS) is 12.7. The Kier molecular flexibility index (Phi) is 5.47. The zero-order chi connectivity index (χ0) is 13.5. The van der Waals surface area contributed by atoms with Crippen molar-refractivity contribution in [2.75, 3.05) is 6.54 Å². The molecule has 0 saturated heterocycles. The van der Waals surface area contributed by atoms with Gasteiger partial charge in [-0.1, -0.05) is 13.8 Å². The van der Waals surface area contributed by atoms with Crippen LogP contribution in [0.2, 0.25) is 0 Å². The van der Waals surface area contributed by atoms with Gasteiger partial charge in [0.1, 0.15) is 12.2 Å². The van der Waals surface area contributed by atoms with Crippen molar-refractivity contribution in [3.8, 4) is 0 Å². The average Bonchev–Trinajstić information content (AvgIpc) is 3.06. The molecule has 2 aromatic rings. The van der Waals surface area contributed by atoms with Crippen molar-refractivity contribution in [1.82, 2.24) is 25.1 Å². The molecule has 0 aliphatic carbocycles. The van der Waals surface area contributed by atoms with Gasteiger partial charge in [0.2, 0.25) is 0 Å². The molecule has 1 unspecified atom stereocenters. The number of hydrogen-bond donors (Lipinski definition) is 1. The van der Waals surface area contributed by atoms with E-state index in [2.05, 4.69) is 34.2 Å². The fraction of sp³-hybridized carbons (Fsp3) is 0.615. The molecule has 1 N–H and O–H groups in total. The molecule has 2 heterocycles. The molecule has 0 spiro atoms. The highest BCUT2D eigenvalue weighted by Gasteiger charge is 2.16. The Bertz CT molecular complexity index is 465. The second-order valence-electron chi connectivity index (χ2n) is 4.51. The molecule has 0 radical (unpaired) electrons. The lowest BCUT2D eigenvalue weighted by Gasteiger charge is -2.16. The fourth-order valence-corrected chi connectivity index (χ4v) is 2.71. The summed E-state index contributed by atoms with van der Waals surface area (Å²) in [4.78, 5) is 9.83. The fourth-order valence-electron chi connectivity index (χ4n) is 2.02. The van der Waals surface area contributed by atoms with Crippen LogP contribution < -0.4 is 5.32 Å². The summed E-state index contributed by atoms with van der Waals surface area (Å²) in [6.07, 6.45) is 6.65. The van der Waals surface area contributed by atoms with Crippen molar-refractivity contribution in [3.63, 3.8) is 0 Å². The quantitative estimate of drug-likeness (QED) is 0.806. The summed E-state index contributed by atoms with van der Waals surface area (Å²) in [6.45, 7) is 6.26. The first-order valence-electron chi connectivity index (χ1n) is 6.83. The number of rotatable bonds is 8. The summed E-state index contributed by atoms with van der Waals surface area (Å²) >= 11 is 1.69. The molecule has 5 nitrogen and oxygen atoms in total. The SMILES string of the molecule is CCCNC(Cc1ncnn1CCC)c1cncs1. The molecule has 0 fully saturated rings. The second kappa shape index (κ2) is 7.35. The second-order valence-corrected chi connectivity index (χ2v) is 5.43. The van der Waals surface area contributed by atoms with Gasteiger partial charge in [-0.3, -0.25) is 9.67 Å². The Hall–Kier alpha value is -1.27. The van der Waals surface area contributed by atoms with E-state index in [0.717, 1.165) is 38.2 Å². The maximum atomic E-state index is 4.39. The van der Waals surface area contributed by atoms with Crippen molar-refractivity contribution in [1.29, 1.82) is 0 Å². The van der Waals surface area contributed by atoms with E-state index < -0.39 is 0 Å². The van der Waals surface area contributed by atoms with Crippen LogP contribution in [0.25, 0.3) is 0 Å². The largest absolute Gasteiger partial charge is 0.309 e. The van der Waals surface area contributed by atoms with E-state index in [9.17, 15) is 0 Å². The highest BCUT2D eigenvalue weighted by atomic mass is 32.1. The van der Waals surface area contributed by atoms with Crippen molar-refractivity contribution >= 4 is 11.3 Å². The Balaban J connectivity index is 2.08. The van der Waals surface area contributed by atoms with E-state index in [4.69, 9.17) is 0 Å². The van der Waals surface area contributed by atoms with Crippen molar-refractivity contribution < 1.29 is 0 Å². The number of nitrogens with zero attached hydrogens (tertiary/aromatic N) is 4. The van der Waals surface area contributed by atoms with Crippen molar-refractivity contribution in [2.45, 2.75) is 45.7 Å². The van der Waals surface area contributed by atoms with Crippen molar-refractivity contribution in [2.24, 2.45) is 0 Å². The summed E-state index contributed by atoms with van der Waals surface area (Å²) in [5.74, 6) is 1.05. The molecule has 0 amide bonds. The van der Waals surface area contributed by atoms with Crippen LogP contribution in [0.1, 0.15) is 43.4 Å². The van der Waals surface area contributed by atoms with Gasteiger partial charge in [0.25, 0.3) is 0 Å². The summed E-state index contributed by atoms with van der Waals surface area (Å²) in [5.41, 5.74) is 1.88. The third-order valence-electron chi connectivity index (χ3n) is 2.95. The van der Waals surface area contributed by atoms with Gasteiger partial charge in [0.15, 0.2) is 0 Å². The highest BCUT2D eigenvalue weighted by Crippen LogP contribution is 2.21. The van der Waals surface area contributed by atoms with Crippen LogP contribution in [0.4, 0.5) is 0 Å². The van der Waals surface area contributed by atoms with Crippen LogP contribution in [0.5, 0.6) is 0 Å². The van der Waals surface area contributed by atoms with Crippen LogP contribution in [-0.4, -0.2) is 26.3 Å². The third-order valence-corrected chi connectivity index (χ3v) is 3.84. The molecule has 0 bridgehead atoms. The molecule has 0 saturated carbocycles. The van der Waals surface area contributed by atoms with E-state index in [-0.39, 0.29) is 6.04 Å². The Labute approximate surface area is 118 Å². The first-order valence-corrected chi connectivity index (χ1v) is 7.71. The molecule has 0 aliphatic rings. The zero-order valence-corrected chi connectivity index (χ0v) is 12.4. The molecule has 104 valence electrons. The van der Waals surface area contributed by atoms with Crippen molar-refractivity contribution in [3.05, 3.63) is 28.7 Å². The molecule has 2 aromatic heterocycles. The molecule has 19 heavy (non-hydrogen) atoms. The Morgan fingerprint density at radius 3 is 2.95 bits per heavy atom. The lowest BCUT2D eigenvalue weighted by molar-refractivity contribution is 0.493. The zero-order valence-electron chi connectivity index (χ0n) is 11.5. The molecule has 6 heteroatoms. The van der Waals surface area contributed by atoms with E-state index in [1.807, 2.05) is 16.4 Å². The van der Waals surface area contributed by atoms with Gasteiger partial charge in [-0.2, -0.15) is 5.10 Å². The minimum Gasteiger partial charge on any atom is -0.309 e. The molecule has 0 aromatic carbocycles. The third kappa shape index (κ3) is 3.84. The predicted octanol–water partition coefficient (Wildman–Crippen LogP) is 2.43. The molecule has 0 aliphatic heterocycles. The predicted molar refractivity (Wildman–Crippen MR) is 77.2 cm³/mol. The number of aromatic nitrogens is 4. The van der Waals surface area contributed by atoms with Crippen LogP contribution >= 0.6 is 11.3 Å². The smallest absolute Gasteiger partial charge is 0.138 e. The number of aryl methyl sites for hydroxylation is 1. The molecule has 2 rings (SSSR count).